The molecule has 1 amide bonds. The fourth-order valence-electron chi connectivity index (χ4n) is 2.73. The van der Waals surface area contributed by atoms with Gasteiger partial charge in [-0.25, -0.2) is 4.68 Å². The number of nitrogens with zero attached hydrogens (tertiary/aromatic N) is 4. The van der Waals surface area contributed by atoms with E-state index < -0.39 is 0 Å². The van der Waals surface area contributed by atoms with Gasteiger partial charge in [-0.1, -0.05) is 29.3 Å². The number of rotatable bonds is 8. The number of carbonyl (C=O) groups excluding carboxylic acids is 1. The van der Waals surface area contributed by atoms with Crippen LogP contribution in [0, 0.1) is 13.8 Å². The predicted octanol–water partition coefficient (Wildman–Crippen LogP) is 3.86. The Labute approximate surface area is 173 Å². The van der Waals surface area contributed by atoms with Crippen LogP contribution in [0.2, 0.25) is 10.0 Å². The summed E-state index contributed by atoms with van der Waals surface area (Å²) in [7, 11) is 0. The fraction of sp³-hybridized carbons (Fsp3) is 0.316. The third-order valence-electron chi connectivity index (χ3n) is 4.07. The number of nitrogens with one attached hydrogen (secondary N) is 1. The lowest BCUT2D eigenvalue weighted by Crippen LogP contribution is -2.26. The highest BCUT2D eigenvalue weighted by atomic mass is 35.5. The van der Waals surface area contributed by atoms with Crippen molar-refractivity contribution in [3.63, 3.8) is 0 Å². The lowest BCUT2D eigenvalue weighted by Gasteiger charge is -2.09. The minimum atomic E-state index is -0.233. The zero-order valence-corrected chi connectivity index (χ0v) is 17.2. The summed E-state index contributed by atoms with van der Waals surface area (Å²) in [5, 5.41) is 12.3. The molecule has 3 rings (SSSR count). The molecule has 0 aliphatic heterocycles. The number of aromatic nitrogens is 4. The Hall–Kier alpha value is -2.51. The summed E-state index contributed by atoms with van der Waals surface area (Å²) in [5.41, 5.74) is 2.42. The first-order valence-electron chi connectivity index (χ1n) is 8.83. The normalized spacial score (nSPS) is 10.9. The third kappa shape index (κ3) is 5.05. The lowest BCUT2D eigenvalue weighted by molar-refractivity contribution is 0.0945. The van der Waals surface area contributed by atoms with Crippen LogP contribution in [0.4, 0.5) is 0 Å². The number of halogens is 2. The van der Waals surface area contributed by atoms with Crippen LogP contribution in [-0.4, -0.2) is 32.0 Å². The Morgan fingerprint density at radius 1 is 1.18 bits per heavy atom. The smallest absolute Gasteiger partial charge is 0.271 e. The molecule has 0 saturated heterocycles. The summed E-state index contributed by atoms with van der Waals surface area (Å²) in [6, 6.07) is 8.79. The molecule has 0 saturated carbocycles. The second kappa shape index (κ2) is 9.12. The van der Waals surface area contributed by atoms with E-state index in [4.69, 9.17) is 27.9 Å². The highest BCUT2D eigenvalue weighted by Gasteiger charge is 2.11. The number of carbonyl (C=O) groups is 1. The number of para-hydroxylation sites is 1. The van der Waals surface area contributed by atoms with Crippen molar-refractivity contribution in [3.8, 4) is 5.75 Å². The van der Waals surface area contributed by atoms with Gasteiger partial charge in [0.2, 0.25) is 0 Å². The van der Waals surface area contributed by atoms with Gasteiger partial charge in [-0.15, -0.1) is 0 Å². The Balaban J connectivity index is 1.46. The molecule has 28 heavy (non-hydrogen) atoms. The van der Waals surface area contributed by atoms with Crippen molar-refractivity contribution in [2.45, 2.75) is 33.5 Å². The molecule has 0 aliphatic rings. The highest BCUT2D eigenvalue weighted by Crippen LogP contribution is 2.32. The fourth-order valence-corrected chi connectivity index (χ4v) is 3.23. The zero-order valence-electron chi connectivity index (χ0n) is 15.7. The number of amides is 1. The van der Waals surface area contributed by atoms with Gasteiger partial charge in [-0.05, 0) is 44.5 Å². The van der Waals surface area contributed by atoms with Gasteiger partial charge < -0.3 is 10.1 Å². The van der Waals surface area contributed by atoms with Gasteiger partial charge in [0.05, 0.1) is 15.7 Å². The van der Waals surface area contributed by atoms with Crippen LogP contribution < -0.4 is 10.1 Å². The molecule has 0 bridgehead atoms. The van der Waals surface area contributed by atoms with Crippen molar-refractivity contribution in [2.75, 3.05) is 6.54 Å². The topological polar surface area (TPSA) is 74.0 Å². The van der Waals surface area contributed by atoms with E-state index in [2.05, 4.69) is 15.5 Å². The monoisotopic (exact) mass is 421 g/mol. The largest absolute Gasteiger partial charge is 0.468 e. The van der Waals surface area contributed by atoms with E-state index in [0.29, 0.717) is 28.0 Å². The number of aryl methyl sites for hydroxylation is 3. The highest BCUT2D eigenvalue weighted by molar-refractivity contribution is 6.37. The van der Waals surface area contributed by atoms with E-state index >= 15 is 0 Å². The van der Waals surface area contributed by atoms with Crippen LogP contribution in [0.25, 0.3) is 0 Å². The first-order valence-corrected chi connectivity index (χ1v) is 9.59. The van der Waals surface area contributed by atoms with Crippen LogP contribution in [0.15, 0.2) is 36.5 Å². The standard InChI is InChI=1S/C19H21Cl2N5O2/c1-13-11-14(2)26(23-13)9-4-8-22-19(27)17-7-10-25(24-17)12-28-18-15(20)5-3-6-16(18)21/h3,5-7,10-11H,4,8-9,12H2,1-2H3,(H,22,27). The summed E-state index contributed by atoms with van der Waals surface area (Å²) in [5.74, 6) is 0.152. The SMILES string of the molecule is Cc1cc(C)n(CCCNC(=O)c2ccn(COc3c(Cl)cccc3Cl)n2)n1. The van der Waals surface area contributed by atoms with Gasteiger partial charge in [-0.3, -0.25) is 9.48 Å². The molecule has 0 spiro atoms. The number of benzene rings is 1. The molecule has 0 fully saturated rings. The molecule has 148 valence electrons. The van der Waals surface area contributed by atoms with E-state index in [1.165, 1.54) is 4.68 Å². The predicted molar refractivity (Wildman–Crippen MR) is 108 cm³/mol. The first kappa shape index (κ1) is 20.2. The van der Waals surface area contributed by atoms with Gasteiger partial charge in [0.15, 0.2) is 12.5 Å². The summed E-state index contributed by atoms with van der Waals surface area (Å²) in [4.78, 5) is 12.2. The second-order valence-corrected chi connectivity index (χ2v) is 7.14. The van der Waals surface area contributed by atoms with Crippen molar-refractivity contribution >= 4 is 29.1 Å². The summed E-state index contributed by atoms with van der Waals surface area (Å²) < 4.78 is 9.04. The third-order valence-corrected chi connectivity index (χ3v) is 4.66. The summed E-state index contributed by atoms with van der Waals surface area (Å²) in [6.45, 7) is 5.36. The first-order chi connectivity index (χ1) is 13.4. The molecule has 0 radical (unpaired) electrons. The molecule has 0 aliphatic carbocycles. The molecule has 3 aromatic rings. The Bertz CT molecular complexity index is 947. The van der Waals surface area contributed by atoms with E-state index in [-0.39, 0.29) is 12.6 Å². The Morgan fingerprint density at radius 3 is 2.61 bits per heavy atom. The molecule has 0 atom stereocenters. The minimum absolute atomic E-state index is 0.0919. The molecule has 2 heterocycles. The van der Waals surface area contributed by atoms with E-state index in [1.807, 2.05) is 24.6 Å². The van der Waals surface area contributed by atoms with Gasteiger partial charge in [0, 0.05) is 25.0 Å². The van der Waals surface area contributed by atoms with Crippen molar-refractivity contribution in [1.82, 2.24) is 24.9 Å². The van der Waals surface area contributed by atoms with Crippen molar-refractivity contribution < 1.29 is 9.53 Å². The van der Waals surface area contributed by atoms with Gasteiger partial charge in [0.25, 0.3) is 5.91 Å². The maximum Gasteiger partial charge on any atom is 0.271 e. The van der Waals surface area contributed by atoms with Crippen molar-refractivity contribution in [2.24, 2.45) is 0 Å². The maximum absolute atomic E-state index is 12.2. The van der Waals surface area contributed by atoms with E-state index in [1.54, 1.807) is 30.5 Å². The van der Waals surface area contributed by atoms with Gasteiger partial charge in [0.1, 0.15) is 5.69 Å². The van der Waals surface area contributed by atoms with Crippen LogP contribution in [0.1, 0.15) is 28.3 Å². The molecule has 7 nitrogen and oxygen atoms in total. The number of hydrogen-bond acceptors (Lipinski definition) is 4. The van der Waals surface area contributed by atoms with Crippen molar-refractivity contribution in [3.05, 3.63) is 63.7 Å². The van der Waals surface area contributed by atoms with E-state index in [0.717, 1.165) is 24.4 Å². The maximum atomic E-state index is 12.2. The summed E-state index contributed by atoms with van der Waals surface area (Å²) >= 11 is 12.1. The quantitative estimate of drug-likeness (QED) is 0.560. The van der Waals surface area contributed by atoms with Gasteiger partial charge in [-0.2, -0.15) is 10.2 Å². The summed E-state index contributed by atoms with van der Waals surface area (Å²) in [6.07, 6.45) is 2.44. The van der Waals surface area contributed by atoms with Crippen molar-refractivity contribution in [1.29, 1.82) is 0 Å². The van der Waals surface area contributed by atoms with Crippen LogP contribution in [-0.2, 0) is 13.3 Å². The molecule has 1 aromatic carbocycles. The average molecular weight is 422 g/mol. The number of ether oxygens (including phenoxy) is 1. The molecule has 9 heteroatoms. The van der Waals surface area contributed by atoms with Gasteiger partial charge >= 0.3 is 0 Å². The Kier molecular flexibility index (Phi) is 6.59. The molecule has 0 unspecified atom stereocenters. The lowest BCUT2D eigenvalue weighted by atomic mass is 10.3. The van der Waals surface area contributed by atoms with Crippen LogP contribution in [0.3, 0.4) is 0 Å². The molecule has 1 N–H and O–H groups in total. The molecular weight excluding hydrogens is 401 g/mol. The molecular formula is C19H21Cl2N5O2. The Morgan fingerprint density at radius 2 is 1.93 bits per heavy atom. The average Bonchev–Trinajstić information content (AvgIpc) is 3.24. The van der Waals surface area contributed by atoms with Crippen LogP contribution in [0.5, 0.6) is 5.75 Å². The minimum Gasteiger partial charge on any atom is -0.468 e. The number of hydrogen-bond donors (Lipinski definition) is 1. The molecule has 2 aromatic heterocycles. The van der Waals surface area contributed by atoms with E-state index in [9.17, 15) is 4.79 Å². The zero-order chi connectivity index (χ0) is 20.1. The van der Waals surface area contributed by atoms with Crippen LogP contribution >= 0.6 is 23.2 Å². The second-order valence-electron chi connectivity index (χ2n) is 6.32.